The summed E-state index contributed by atoms with van der Waals surface area (Å²) < 4.78 is 18.5. The summed E-state index contributed by atoms with van der Waals surface area (Å²) in [6, 6.07) is 11.4. The van der Waals surface area contributed by atoms with E-state index in [4.69, 9.17) is 14.2 Å². The first kappa shape index (κ1) is 18.2. The van der Waals surface area contributed by atoms with Crippen LogP contribution in [0.3, 0.4) is 0 Å². The molecule has 28 heavy (non-hydrogen) atoms. The Morgan fingerprint density at radius 2 is 2.11 bits per heavy atom. The Bertz CT molecular complexity index is 1040. The van der Waals surface area contributed by atoms with Crippen molar-refractivity contribution in [2.45, 2.75) is 25.6 Å². The number of hydrogen-bond acceptors (Lipinski definition) is 6. The molecule has 0 saturated heterocycles. The van der Waals surface area contributed by atoms with E-state index in [-0.39, 0.29) is 6.61 Å². The molecule has 0 aliphatic heterocycles. The van der Waals surface area contributed by atoms with Gasteiger partial charge in [0.1, 0.15) is 18.4 Å². The van der Waals surface area contributed by atoms with Crippen molar-refractivity contribution in [1.82, 2.24) is 9.38 Å². The number of aromatic nitrogens is 2. The normalized spacial score (nSPS) is 18.1. The van der Waals surface area contributed by atoms with Gasteiger partial charge in [0, 0.05) is 19.7 Å². The second-order valence-electron chi connectivity index (χ2n) is 6.67. The molecular formula is C21H20N2O5. The molecule has 2 heterocycles. The van der Waals surface area contributed by atoms with Crippen molar-refractivity contribution in [1.29, 1.82) is 0 Å². The van der Waals surface area contributed by atoms with Crippen LogP contribution in [0.5, 0.6) is 5.75 Å². The molecule has 7 nitrogen and oxygen atoms in total. The first-order valence-electron chi connectivity index (χ1n) is 8.98. The number of imidazole rings is 1. The zero-order chi connectivity index (χ0) is 19.7. The number of aldehydes is 1. The number of esters is 1. The summed E-state index contributed by atoms with van der Waals surface area (Å²) >= 11 is 0. The fourth-order valence-electron chi connectivity index (χ4n) is 3.63. The quantitative estimate of drug-likeness (QED) is 0.483. The Morgan fingerprint density at radius 1 is 1.29 bits per heavy atom. The number of fused-ring (bicyclic) bond motifs is 2. The van der Waals surface area contributed by atoms with E-state index in [1.54, 1.807) is 29.7 Å². The topological polar surface area (TPSA) is 79.1 Å². The summed E-state index contributed by atoms with van der Waals surface area (Å²) in [6.07, 6.45) is 2.16. The van der Waals surface area contributed by atoms with Crippen LogP contribution in [0.4, 0.5) is 0 Å². The van der Waals surface area contributed by atoms with E-state index < -0.39 is 18.2 Å². The van der Waals surface area contributed by atoms with Crippen LogP contribution >= 0.6 is 0 Å². The second-order valence-corrected chi connectivity index (χ2v) is 6.67. The van der Waals surface area contributed by atoms with Gasteiger partial charge in [-0.2, -0.15) is 0 Å². The van der Waals surface area contributed by atoms with E-state index in [2.05, 4.69) is 4.98 Å². The average Bonchev–Trinajstić information content (AvgIpc) is 3.19. The van der Waals surface area contributed by atoms with Crippen LogP contribution in [-0.2, 0) is 20.7 Å². The maximum Gasteiger partial charge on any atom is 0.332 e. The number of carbonyl (C=O) groups excluding carboxylic acids is 2. The van der Waals surface area contributed by atoms with Gasteiger partial charge in [0.2, 0.25) is 0 Å². The zero-order valence-electron chi connectivity index (χ0n) is 15.6. The molecule has 0 radical (unpaired) electrons. The molecule has 1 aliphatic rings. The highest BCUT2D eigenvalue weighted by atomic mass is 16.6. The summed E-state index contributed by atoms with van der Waals surface area (Å²) in [5.41, 5.74) is 3.70. The number of carbonyl (C=O) groups is 2. The Kier molecular flexibility index (Phi) is 4.83. The number of benzene rings is 1. The lowest BCUT2D eigenvalue weighted by Gasteiger charge is -2.22. The predicted octanol–water partition coefficient (Wildman–Crippen LogP) is 2.69. The average molecular weight is 380 g/mol. The first-order valence-corrected chi connectivity index (χ1v) is 8.98. The first-order chi connectivity index (χ1) is 13.6. The van der Waals surface area contributed by atoms with Gasteiger partial charge >= 0.3 is 5.97 Å². The van der Waals surface area contributed by atoms with Gasteiger partial charge in [0.25, 0.3) is 0 Å². The third-order valence-electron chi connectivity index (χ3n) is 4.87. The summed E-state index contributed by atoms with van der Waals surface area (Å²) in [5.74, 6) is 0.0835. The molecule has 0 N–H and O–H groups in total. The second kappa shape index (κ2) is 7.44. The minimum atomic E-state index is -0.472. The molecule has 0 unspecified atom stereocenters. The Balaban J connectivity index is 1.71. The van der Waals surface area contributed by atoms with E-state index in [0.29, 0.717) is 29.2 Å². The minimum absolute atomic E-state index is 0.114. The molecule has 2 aromatic heterocycles. The van der Waals surface area contributed by atoms with Gasteiger partial charge in [-0.3, -0.25) is 9.20 Å². The van der Waals surface area contributed by atoms with Gasteiger partial charge in [0.15, 0.2) is 23.8 Å². The van der Waals surface area contributed by atoms with Gasteiger partial charge in [-0.05, 0) is 30.2 Å². The molecule has 2 atom stereocenters. The van der Waals surface area contributed by atoms with Crippen LogP contribution < -0.4 is 4.74 Å². The fourth-order valence-corrected chi connectivity index (χ4v) is 3.63. The predicted molar refractivity (Wildman–Crippen MR) is 101 cm³/mol. The lowest BCUT2D eigenvalue weighted by molar-refractivity contribution is -0.157. The highest BCUT2D eigenvalue weighted by Crippen LogP contribution is 2.38. The van der Waals surface area contributed by atoms with E-state index in [0.717, 1.165) is 17.4 Å². The molecule has 7 heteroatoms. The van der Waals surface area contributed by atoms with Crippen LogP contribution in [-0.4, -0.2) is 41.5 Å². The van der Waals surface area contributed by atoms with Crippen molar-refractivity contribution in [2.24, 2.45) is 0 Å². The summed E-state index contributed by atoms with van der Waals surface area (Å²) in [4.78, 5) is 27.9. The standard InChI is InChI=1S/C21H20N2O5/c1-13-16(11-24)23-9-5-8-17(21(23)22-13)28-20-15-7-4-3-6-14(15)10-18(20)27-19(25)12-26-2/h3-9,11,18,20H,10,12H2,1-2H3/t18-,20-/m1/s1. The highest BCUT2D eigenvalue weighted by Gasteiger charge is 2.37. The number of ether oxygens (including phenoxy) is 3. The number of hydrogen-bond donors (Lipinski definition) is 0. The van der Waals surface area contributed by atoms with Crippen molar-refractivity contribution in [3.63, 3.8) is 0 Å². The lowest BCUT2D eigenvalue weighted by Crippen LogP contribution is -2.28. The van der Waals surface area contributed by atoms with Crippen molar-refractivity contribution in [3.8, 4) is 5.75 Å². The van der Waals surface area contributed by atoms with Gasteiger partial charge in [-0.1, -0.05) is 24.3 Å². The minimum Gasteiger partial charge on any atom is -0.478 e. The molecule has 0 fully saturated rings. The van der Waals surface area contributed by atoms with Gasteiger partial charge in [-0.15, -0.1) is 0 Å². The maximum atomic E-state index is 12.0. The Morgan fingerprint density at radius 3 is 2.89 bits per heavy atom. The van der Waals surface area contributed by atoms with E-state index in [1.807, 2.05) is 24.3 Å². The zero-order valence-corrected chi connectivity index (χ0v) is 15.6. The fraction of sp³-hybridized carbons (Fsp3) is 0.286. The monoisotopic (exact) mass is 380 g/mol. The summed E-state index contributed by atoms with van der Waals surface area (Å²) in [6.45, 7) is 1.66. The molecule has 0 saturated carbocycles. The SMILES string of the molecule is COCC(=O)O[C@@H]1Cc2ccccc2[C@H]1Oc1cccn2c(C=O)c(C)nc12. The third-order valence-corrected chi connectivity index (χ3v) is 4.87. The number of rotatable bonds is 6. The number of pyridine rings is 1. The number of nitrogens with zero attached hydrogens (tertiary/aromatic N) is 2. The van der Waals surface area contributed by atoms with Crippen LogP contribution in [0.1, 0.15) is 33.4 Å². The molecule has 144 valence electrons. The van der Waals surface area contributed by atoms with Crippen molar-refractivity contribution in [2.75, 3.05) is 13.7 Å². The van der Waals surface area contributed by atoms with E-state index >= 15 is 0 Å². The number of aryl methyl sites for hydroxylation is 1. The largest absolute Gasteiger partial charge is 0.478 e. The smallest absolute Gasteiger partial charge is 0.332 e. The van der Waals surface area contributed by atoms with E-state index in [1.165, 1.54) is 7.11 Å². The van der Waals surface area contributed by atoms with Crippen LogP contribution in [0.15, 0.2) is 42.6 Å². The molecule has 0 amide bonds. The van der Waals surface area contributed by atoms with Gasteiger partial charge in [0.05, 0.1) is 5.69 Å². The highest BCUT2D eigenvalue weighted by molar-refractivity contribution is 5.77. The Labute approximate surface area is 161 Å². The molecular weight excluding hydrogens is 360 g/mol. The van der Waals surface area contributed by atoms with E-state index in [9.17, 15) is 9.59 Å². The van der Waals surface area contributed by atoms with Crippen LogP contribution in [0.2, 0.25) is 0 Å². The van der Waals surface area contributed by atoms with Crippen molar-refractivity contribution < 1.29 is 23.8 Å². The Hall–Kier alpha value is -3.19. The molecule has 0 spiro atoms. The molecule has 4 rings (SSSR count). The molecule has 1 aliphatic carbocycles. The van der Waals surface area contributed by atoms with Crippen molar-refractivity contribution >= 4 is 17.9 Å². The number of methoxy groups -OCH3 is 1. The van der Waals surface area contributed by atoms with Gasteiger partial charge < -0.3 is 14.2 Å². The summed E-state index contributed by atoms with van der Waals surface area (Å²) in [7, 11) is 1.45. The maximum absolute atomic E-state index is 12.0. The van der Waals surface area contributed by atoms with Crippen molar-refractivity contribution in [3.05, 3.63) is 65.1 Å². The molecule has 0 bridgehead atoms. The van der Waals surface area contributed by atoms with Crippen LogP contribution in [0, 0.1) is 6.92 Å². The summed E-state index contributed by atoms with van der Waals surface area (Å²) in [5, 5.41) is 0. The van der Waals surface area contributed by atoms with Gasteiger partial charge in [-0.25, -0.2) is 9.78 Å². The third kappa shape index (κ3) is 3.14. The lowest BCUT2D eigenvalue weighted by atomic mass is 10.1. The molecule has 3 aromatic rings. The van der Waals surface area contributed by atoms with Crippen LogP contribution in [0.25, 0.3) is 5.65 Å². The molecule has 1 aromatic carbocycles.